The van der Waals surface area contributed by atoms with Crippen LogP contribution in [-0.2, 0) is 16.0 Å². The quantitative estimate of drug-likeness (QED) is 0.396. The number of aryl methyl sites for hydroxylation is 1. The molecule has 5 rings (SSSR count). The molecule has 3 atom stereocenters. The molecule has 204 valence electrons. The number of likely N-dealkylation sites (tertiary alicyclic amines) is 1. The Morgan fingerprint density at radius 1 is 1.10 bits per heavy atom. The number of unbranched alkanes of at least 4 members (excludes halogenated alkanes) is 1. The summed E-state index contributed by atoms with van der Waals surface area (Å²) < 4.78 is 11.0. The number of amides is 1. The zero-order chi connectivity index (χ0) is 27.2. The Labute approximate surface area is 227 Å². The van der Waals surface area contributed by atoms with Crippen LogP contribution in [0.2, 0.25) is 0 Å². The van der Waals surface area contributed by atoms with Gasteiger partial charge in [0, 0.05) is 50.1 Å². The van der Waals surface area contributed by atoms with E-state index in [1.807, 2.05) is 35.2 Å². The highest BCUT2D eigenvalue weighted by Crippen LogP contribution is 2.43. The second kappa shape index (κ2) is 12.2. The molecule has 1 aromatic carbocycles. The van der Waals surface area contributed by atoms with Gasteiger partial charge in [0.25, 0.3) is 0 Å². The number of fused-ring (bicyclic) bond motifs is 1. The number of hydrogen-bond donors (Lipinski definition) is 1. The van der Waals surface area contributed by atoms with E-state index in [1.54, 1.807) is 35.8 Å². The molecule has 0 radical (unpaired) electrons. The van der Waals surface area contributed by atoms with Crippen molar-refractivity contribution in [2.75, 3.05) is 31.3 Å². The zero-order valence-corrected chi connectivity index (χ0v) is 22.0. The Kier molecular flexibility index (Phi) is 8.31. The minimum Gasteiger partial charge on any atom is -0.481 e. The second-order valence-electron chi connectivity index (χ2n) is 9.89. The fourth-order valence-corrected chi connectivity index (χ4v) is 5.56. The van der Waals surface area contributed by atoms with Crippen molar-refractivity contribution in [2.24, 2.45) is 5.92 Å². The molecule has 1 fully saturated rings. The van der Waals surface area contributed by atoms with Crippen molar-refractivity contribution in [3.63, 3.8) is 0 Å². The Hall–Kier alpha value is -4.05. The van der Waals surface area contributed by atoms with Crippen molar-refractivity contribution in [1.29, 1.82) is 0 Å². The number of hydrogen-bond acceptors (Lipinski definition) is 8. The summed E-state index contributed by atoms with van der Waals surface area (Å²) in [4.78, 5) is 43.1. The van der Waals surface area contributed by atoms with Crippen LogP contribution in [0.15, 0.2) is 61.2 Å². The van der Waals surface area contributed by atoms with Gasteiger partial charge in [-0.25, -0.2) is 9.97 Å². The maximum atomic E-state index is 13.7. The molecule has 2 aliphatic rings. The standard InChI is InChI=1S/C29H33N5O5/c1-2-3-14-34(21-6-4-11-30-16-21)27(35)18-33-17-22(20-7-9-24-25(15-20)39-19-38-24)28(29(36)37)23(33)8-10-26-31-12-5-13-32-26/h4-7,9,11-13,15-16,22-23,28H,2-3,8,10,14,17-19H2,1H3,(H,36,37)/t22-,23+,28?/m1/s1. The monoisotopic (exact) mass is 531 g/mol. The van der Waals surface area contributed by atoms with Crippen molar-refractivity contribution in [1.82, 2.24) is 19.9 Å². The highest BCUT2D eigenvalue weighted by molar-refractivity contribution is 5.94. The first kappa shape index (κ1) is 26.6. The van der Waals surface area contributed by atoms with Crippen molar-refractivity contribution >= 4 is 17.6 Å². The smallest absolute Gasteiger partial charge is 0.308 e. The topological polar surface area (TPSA) is 118 Å². The molecule has 1 N–H and O–H groups in total. The summed E-state index contributed by atoms with van der Waals surface area (Å²) in [6.07, 6.45) is 9.56. The van der Waals surface area contributed by atoms with Gasteiger partial charge in [0.1, 0.15) is 5.82 Å². The van der Waals surface area contributed by atoms with Gasteiger partial charge in [0.2, 0.25) is 12.7 Å². The molecule has 0 saturated carbocycles. The lowest BCUT2D eigenvalue weighted by Crippen LogP contribution is -2.44. The van der Waals surface area contributed by atoms with Crippen molar-refractivity contribution in [2.45, 2.75) is 44.6 Å². The molecule has 1 saturated heterocycles. The van der Waals surface area contributed by atoms with E-state index in [2.05, 4.69) is 21.9 Å². The number of pyridine rings is 1. The zero-order valence-electron chi connectivity index (χ0n) is 22.0. The predicted molar refractivity (Wildman–Crippen MR) is 144 cm³/mol. The van der Waals surface area contributed by atoms with E-state index in [-0.39, 0.29) is 31.2 Å². The van der Waals surface area contributed by atoms with Crippen LogP contribution in [0.4, 0.5) is 5.69 Å². The third-order valence-electron chi connectivity index (χ3n) is 7.47. The molecular weight excluding hydrogens is 498 g/mol. The average molecular weight is 532 g/mol. The van der Waals surface area contributed by atoms with Crippen LogP contribution in [0.5, 0.6) is 11.5 Å². The molecule has 2 aliphatic heterocycles. The third-order valence-corrected chi connectivity index (χ3v) is 7.47. The van der Waals surface area contributed by atoms with E-state index in [1.165, 1.54) is 0 Å². The summed E-state index contributed by atoms with van der Waals surface area (Å²) in [6, 6.07) is 10.7. The number of aliphatic carboxylic acids is 1. The molecule has 1 unspecified atom stereocenters. The molecule has 0 spiro atoms. The minimum atomic E-state index is -0.887. The van der Waals surface area contributed by atoms with Gasteiger partial charge in [-0.3, -0.25) is 19.5 Å². The normalized spacial score (nSPS) is 20.2. The van der Waals surface area contributed by atoms with E-state index in [0.717, 1.165) is 24.1 Å². The van der Waals surface area contributed by atoms with E-state index >= 15 is 0 Å². The van der Waals surface area contributed by atoms with Gasteiger partial charge in [0.05, 0.1) is 24.3 Å². The Bertz CT molecular complexity index is 1280. The summed E-state index contributed by atoms with van der Waals surface area (Å²) in [5, 5.41) is 10.4. The SMILES string of the molecule is CCCCN(C(=O)CN1C[C@H](c2ccc3c(c2)OCO3)C(C(=O)O)[C@@H]1CCc1ncccn1)c1cccnc1. The Morgan fingerprint density at radius 2 is 1.92 bits per heavy atom. The van der Waals surface area contributed by atoms with Gasteiger partial charge < -0.3 is 19.5 Å². The fourth-order valence-electron chi connectivity index (χ4n) is 5.56. The lowest BCUT2D eigenvalue weighted by molar-refractivity contribution is -0.143. The van der Waals surface area contributed by atoms with Crippen molar-refractivity contribution in [3.8, 4) is 11.5 Å². The van der Waals surface area contributed by atoms with E-state index in [9.17, 15) is 14.7 Å². The molecule has 3 aromatic rings. The molecule has 1 amide bonds. The number of nitrogens with zero attached hydrogens (tertiary/aromatic N) is 5. The van der Waals surface area contributed by atoms with E-state index in [0.29, 0.717) is 43.3 Å². The Morgan fingerprint density at radius 3 is 2.67 bits per heavy atom. The number of benzene rings is 1. The maximum absolute atomic E-state index is 13.7. The third kappa shape index (κ3) is 6.01. The summed E-state index contributed by atoms with van der Waals surface area (Å²) in [5.74, 6) is -0.0912. The molecular formula is C29H33N5O5. The van der Waals surface area contributed by atoms with Gasteiger partial charge in [-0.1, -0.05) is 19.4 Å². The number of carbonyl (C=O) groups excluding carboxylic acids is 1. The number of carboxylic acids is 1. The predicted octanol–water partition coefficient (Wildman–Crippen LogP) is 3.54. The molecule has 10 nitrogen and oxygen atoms in total. The highest BCUT2D eigenvalue weighted by atomic mass is 16.7. The number of carboxylic acid groups (broad SMARTS) is 1. The average Bonchev–Trinajstić information content (AvgIpc) is 3.57. The maximum Gasteiger partial charge on any atom is 0.308 e. The first-order valence-corrected chi connectivity index (χ1v) is 13.4. The molecule has 0 aliphatic carbocycles. The van der Waals surface area contributed by atoms with Gasteiger partial charge in [0.15, 0.2) is 11.5 Å². The van der Waals surface area contributed by atoms with Gasteiger partial charge in [-0.15, -0.1) is 0 Å². The number of aromatic nitrogens is 3. The highest BCUT2D eigenvalue weighted by Gasteiger charge is 2.47. The number of carbonyl (C=O) groups is 2. The van der Waals surface area contributed by atoms with E-state index < -0.39 is 11.9 Å². The molecule has 2 aromatic heterocycles. The summed E-state index contributed by atoms with van der Waals surface area (Å²) in [5.41, 5.74) is 1.60. The largest absolute Gasteiger partial charge is 0.481 e. The first-order valence-electron chi connectivity index (χ1n) is 13.4. The van der Waals surface area contributed by atoms with Gasteiger partial charge in [-0.05, 0) is 48.7 Å². The number of anilines is 1. The van der Waals surface area contributed by atoms with Gasteiger partial charge in [-0.2, -0.15) is 0 Å². The van der Waals surface area contributed by atoms with Crippen LogP contribution in [0, 0.1) is 5.92 Å². The van der Waals surface area contributed by atoms with Crippen LogP contribution < -0.4 is 14.4 Å². The summed E-state index contributed by atoms with van der Waals surface area (Å²) in [7, 11) is 0. The van der Waals surface area contributed by atoms with Crippen LogP contribution in [0.25, 0.3) is 0 Å². The number of rotatable bonds is 11. The van der Waals surface area contributed by atoms with Crippen LogP contribution in [0.3, 0.4) is 0 Å². The first-order chi connectivity index (χ1) is 19.0. The molecule has 4 heterocycles. The van der Waals surface area contributed by atoms with E-state index in [4.69, 9.17) is 9.47 Å². The van der Waals surface area contributed by atoms with Crippen LogP contribution in [-0.4, -0.2) is 69.3 Å². The van der Waals surface area contributed by atoms with Crippen molar-refractivity contribution < 1.29 is 24.2 Å². The Balaban J connectivity index is 1.43. The summed E-state index contributed by atoms with van der Waals surface area (Å²) in [6.45, 7) is 3.34. The van der Waals surface area contributed by atoms with Crippen LogP contribution in [0.1, 0.15) is 43.5 Å². The molecule has 0 bridgehead atoms. The van der Waals surface area contributed by atoms with Crippen molar-refractivity contribution in [3.05, 3.63) is 72.6 Å². The fraction of sp³-hybridized carbons (Fsp3) is 0.414. The minimum absolute atomic E-state index is 0.0760. The number of ether oxygens (including phenoxy) is 2. The second-order valence-corrected chi connectivity index (χ2v) is 9.89. The lowest BCUT2D eigenvalue weighted by atomic mass is 9.83. The molecule has 10 heteroatoms. The summed E-state index contributed by atoms with van der Waals surface area (Å²) >= 11 is 0. The lowest BCUT2D eigenvalue weighted by Gasteiger charge is -2.29. The van der Waals surface area contributed by atoms with Crippen LogP contribution >= 0.6 is 0 Å². The van der Waals surface area contributed by atoms with Gasteiger partial charge >= 0.3 is 5.97 Å². The molecule has 39 heavy (non-hydrogen) atoms.